The number of nitrogens with zero attached hydrogens (tertiary/aromatic N) is 2. The third-order valence-corrected chi connectivity index (χ3v) is 4.02. The van der Waals surface area contributed by atoms with E-state index in [0.29, 0.717) is 13.1 Å². The van der Waals surface area contributed by atoms with Gasteiger partial charge in [0.2, 0.25) is 0 Å². The number of hydrogen-bond donors (Lipinski definition) is 0. The van der Waals surface area contributed by atoms with E-state index in [1.54, 1.807) is 17.0 Å². The minimum atomic E-state index is -0.512. The molecule has 0 saturated carbocycles. The summed E-state index contributed by atoms with van der Waals surface area (Å²) in [7, 11) is 1.99. The normalized spacial score (nSPS) is 15.0. The molecule has 5 heteroatoms. The summed E-state index contributed by atoms with van der Waals surface area (Å²) in [6.45, 7) is 6.65. The second-order valence-electron chi connectivity index (χ2n) is 6.80. The summed E-state index contributed by atoms with van der Waals surface area (Å²) in [5, 5.41) is 0.880. The van der Waals surface area contributed by atoms with Gasteiger partial charge in [-0.15, -0.1) is 0 Å². The fourth-order valence-corrected chi connectivity index (χ4v) is 3.03. The second kappa shape index (κ2) is 5.00. The SMILES string of the molecule is Cn1c2c(c3cc(F)ccc31)CN(C(=O)OC(C)(C)C)CC2. The van der Waals surface area contributed by atoms with Gasteiger partial charge >= 0.3 is 6.09 Å². The highest BCUT2D eigenvalue weighted by molar-refractivity contribution is 5.86. The Labute approximate surface area is 129 Å². The van der Waals surface area contributed by atoms with Crippen LogP contribution in [0.3, 0.4) is 0 Å². The van der Waals surface area contributed by atoms with Crippen molar-refractivity contribution in [3.63, 3.8) is 0 Å². The van der Waals surface area contributed by atoms with Gasteiger partial charge in [-0.3, -0.25) is 0 Å². The molecule has 3 rings (SSSR count). The smallest absolute Gasteiger partial charge is 0.410 e. The summed E-state index contributed by atoms with van der Waals surface area (Å²) >= 11 is 0. The van der Waals surface area contributed by atoms with Gasteiger partial charge in [0.25, 0.3) is 0 Å². The fourth-order valence-electron chi connectivity index (χ4n) is 3.03. The molecule has 2 aromatic rings. The Morgan fingerprint density at radius 3 is 2.73 bits per heavy atom. The van der Waals surface area contributed by atoms with E-state index in [4.69, 9.17) is 4.74 Å². The van der Waals surface area contributed by atoms with Gasteiger partial charge in [-0.25, -0.2) is 9.18 Å². The fraction of sp³-hybridized carbons (Fsp3) is 0.471. The summed E-state index contributed by atoms with van der Waals surface area (Å²) < 4.78 is 21.1. The van der Waals surface area contributed by atoms with Crippen LogP contribution in [0.5, 0.6) is 0 Å². The lowest BCUT2D eigenvalue weighted by Crippen LogP contribution is -2.40. The first-order valence-corrected chi connectivity index (χ1v) is 7.50. The molecule has 22 heavy (non-hydrogen) atoms. The Kier molecular flexibility index (Phi) is 3.38. The highest BCUT2D eigenvalue weighted by Crippen LogP contribution is 2.31. The molecule has 0 radical (unpaired) electrons. The van der Waals surface area contributed by atoms with Crippen molar-refractivity contribution in [1.29, 1.82) is 0 Å². The van der Waals surface area contributed by atoms with Crippen molar-refractivity contribution < 1.29 is 13.9 Å². The molecule has 1 aliphatic rings. The molecular formula is C17H21FN2O2. The van der Waals surface area contributed by atoms with Crippen molar-refractivity contribution in [2.45, 2.75) is 39.3 Å². The lowest BCUT2D eigenvalue weighted by molar-refractivity contribution is 0.0223. The van der Waals surface area contributed by atoms with Crippen molar-refractivity contribution in [3.05, 3.63) is 35.3 Å². The van der Waals surface area contributed by atoms with Gasteiger partial charge in [0.1, 0.15) is 11.4 Å². The van der Waals surface area contributed by atoms with E-state index < -0.39 is 5.60 Å². The molecule has 0 atom stereocenters. The van der Waals surface area contributed by atoms with Crippen molar-refractivity contribution >= 4 is 17.0 Å². The molecule has 0 aliphatic carbocycles. The summed E-state index contributed by atoms with van der Waals surface area (Å²) in [5.74, 6) is -0.254. The Balaban J connectivity index is 1.95. The topological polar surface area (TPSA) is 34.5 Å². The molecule has 1 amide bonds. The van der Waals surface area contributed by atoms with Gasteiger partial charge in [0.05, 0.1) is 6.54 Å². The van der Waals surface area contributed by atoms with Gasteiger partial charge in [-0.05, 0) is 39.0 Å². The predicted molar refractivity (Wildman–Crippen MR) is 83.2 cm³/mol. The number of aryl methyl sites for hydroxylation is 1. The highest BCUT2D eigenvalue weighted by atomic mass is 19.1. The Hall–Kier alpha value is -2.04. The van der Waals surface area contributed by atoms with Crippen molar-refractivity contribution in [3.8, 4) is 0 Å². The predicted octanol–water partition coefficient (Wildman–Crippen LogP) is 3.61. The number of carbonyl (C=O) groups is 1. The van der Waals surface area contributed by atoms with Crippen LogP contribution in [0.1, 0.15) is 32.0 Å². The first kappa shape index (κ1) is 14.9. The van der Waals surface area contributed by atoms with E-state index >= 15 is 0 Å². The molecule has 0 N–H and O–H groups in total. The van der Waals surface area contributed by atoms with Crippen molar-refractivity contribution in [1.82, 2.24) is 9.47 Å². The number of benzene rings is 1. The van der Waals surface area contributed by atoms with Crippen LogP contribution >= 0.6 is 0 Å². The number of aromatic nitrogens is 1. The monoisotopic (exact) mass is 304 g/mol. The number of halogens is 1. The Morgan fingerprint density at radius 1 is 1.32 bits per heavy atom. The van der Waals surface area contributed by atoms with Crippen LogP contribution in [0.2, 0.25) is 0 Å². The maximum atomic E-state index is 13.6. The summed E-state index contributed by atoms with van der Waals surface area (Å²) in [4.78, 5) is 13.9. The number of hydrogen-bond acceptors (Lipinski definition) is 2. The lowest BCUT2D eigenvalue weighted by atomic mass is 10.0. The number of fused-ring (bicyclic) bond motifs is 3. The minimum Gasteiger partial charge on any atom is -0.444 e. The quantitative estimate of drug-likeness (QED) is 0.745. The molecule has 1 aromatic heterocycles. The molecule has 0 saturated heterocycles. The number of ether oxygens (including phenoxy) is 1. The molecule has 118 valence electrons. The van der Waals surface area contributed by atoms with Crippen LogP contribution in [0.15, 0.2) is 18.2 Å². The summed E-state index contributed by atoms with van der Waals surface area (Å²) in [6.07, 6.45) is 0.438. The average molecular weight is 304 g/mol. The van der Waals surface area contributed by atoms with Crippen molar-refractivity contribution in [2.75, 3.05) is 6.54 Å². The zero-order valence-electron chi connectivity index (χ0n) is 13.4. The second-order valence-corrected chi connectivity index (χ2v) is 6.80. The molecule has 0 unspecified atom stereocenters. The van der Waals surface area contributed by atoms with Crippen LogP contribution in [0.4, 0.5) is 9.18 Å². The van der Waals surface area contributed by atoms with E-state index in [-0.39, 0.29) is 11.9 Å². The molecule has 1 aliphatic heterocycles. The Bertz CT molecular complexity index is 743. The maximum Gasteiger partial charge on any atom is 0.410 e. The average Bonchev–Trinajstić information content (AvgIpc) is 2.70. The van der Waals surface area contributed by atoms with Crippen LogP contribution in [0, 0.1) is 5.82 Å². The van der Waals surface area contributed by atoms with E-state index in [1.165, 1.54) is 11.8 Å². The van der Waals surface area contributed by atoms with Gasteiger partial charge in [0.15, 0.2) is 0 Å². The van der Waals surface area contributed by atoms with Crippen LogP contribution in [0.25, 0.3) is 10.9 Å². The van der Waals surface area contributed by atoms with Crippen molar-refractivity contribution in [2.24, 2.45) is 7.05 Å². The molecule has 0 bridgehead atoms. The molecular weight excluding hydrogens is 283 g/mol. The van der Waals surface area contributed by atoms with E-state index in [0.717, 1.165) is 22.9 Å². The molecule has 1 aromatic carbocycles. The summed E-state index contributed by atoms with van der Waals surface area (Å²) in [6, 6.07) is 4.81. The first-order valence-electron chi connectivity index (χ1n) is 7.50. The molecule has 4 nitrogen and oxygen atoms in total. The highest BCUT2D eigenvalue weighted by Gasteiger charge is 2.28. The van der Waals surface area contributed by atoms with Crippen LogP contribution in [-0.4, -0.2) is 27.7 Å². The summed E-state index contributed by atoms with van der Waals surface area (Å²) in [5.41, 5.74) is 2.68. The van der Waals surface area contributed by atoms with Crippen LogP contribution in [-0.2, 0) is 24.8 Å². The third kappa shape index (κ3) is 2.56. The number of amides is 1. The molecule has 2 heterocycles. The Morgan fingerprint density at radius 2 is 2.05 bits per heavy atom. The lowest BCUT2D eigenvalue weighted by Gasteiger charge is -2.30. The zero-order valence-corrected chi connectivity index (χ0v) is 13.4. The zero-order chi connectivity index (χ0) is 16.1. The van der Waals surface area contributed by atoms with Gasteiger partial charge in [-0.2, -0.15) is 0 Å². The third-order valence-electron chi connectivity index (χ3n) is 4.02. The van der Waals surface area contributed by atoms with Gasteiger partial charge in [0, 0.05) is 42.2 Å². The standard InChI is InChI=1S/C17H21FN2O2/c1-17(2,3)22-16(21)20-8-7-15-13(10-20)12-9-11(18)5-6-14(12)19(15)4/h5-6,9H,7-8,10H2,1-4H3. The molecule has 0 spiro atoms. The van der Waals surface area contributed by atoms with Gasteiger partial charge in [-0.1, -0.05) is 0 Å². The molecule has 0 fully saturated rings. The largest absolute Gasteiger partial charge is 0.444 e. The van der Waals surface area contributed by atoms with Crippen LogP contribution < -0.4 is 0 Å². The first-order chi connectivity index (χ1) is 10.3. The van der Waals surface area contributed by atoms with E-state index in [2.05, 4.69) is 4.57 Å². The maximum absolute atomic E-state index is 13.6. The number of carbonyl (C=O) groups excluding carboxylic acids is 1. The van der Waals surface area contributed by atoms with Gasteiger partial charge < -0.3 is 14.2 Å². The minimum absolute atomic E-state index is 0.254. The number of rotatable bonds is 0. The van der Waals surface area contributed by atoms with E-state index in [1.807, 2.05) is 27.8 Å². The van der Waals surface area contributed by atoms with E-state index in [9.17, 15) is 9.18 Å².